The number of halogens is 1. The Bertz CT molecular complexity index is 517. The lowest BCUT2D eigenvalue weighted by atomic mass is 9.93. The minimum absolute atomic E-state index is 0. The fourth-order valence-electron chi connectivity index (χ4n) is 2.89. The summed E-state index contributed by atoms with van der Waals surface area (Å²) in [5, 5.41) is 16.4. The van der Waals surface area contributed by atoms with Crippen LogP contribution in [0, 0.1) is 6.92 Å². The third-order valence-corrected chi connectivity index (χ3v) is 4.31. The number of aliphatic imine (C=N–C) groups is 1. The van der Waals surface area contributed by atoms with Crippen molar-refractivity contribution in [2.24, 2.45) is 4.99 Å². The lowest BCUT2D eigenvalue weighted by Crippen LogP contribution is -2.45. The average Bonchev–Trinajstić information content (AvgIpc) is 2.58. The number of hydrogen-bond donors (Lipinski definition) is 3. The first-order valence-corrected chi connectivity index (χ1v) is 9.10. The number of para-hydroxylation sites is 1. The van der Waals surface area contributed by atoms with E-state index >= 15 is 0 Å². The Kier molecular flexibility index (Phi) is 10.9. The Labute approximate surface area is 168 Å². The van der Waals surface area contributed by atoms with Crippen molar-refractivity contribution >= 4 is 29.9 Å². The van der Waals surface area contributed by atoms with Crippen molar-refractivity contribution in [1.29, 1.82) is 0 Å². The van der Waals surface area contributed by atoms with Gasteiger partial charge in [0.25, 0.3) is 0 Å². The van der Waals surface area contributed by atoms with Gasteiger partial charge in [0.15, 0.2) is 5.96 Å². The highest BCUT2D eigenvalue weighted by Gasteiger charge is 2.19. The molecule has 1 saturated carbocycles. The molecule has 1 fully saturated rings. The van der Waals surface area contributed by atoms with Crippen LogP contribution in [0.2, 0.25) is 0 Å². The van der Waals surface area contributed by atoms with Gasteiger partial charge in [0, 0.05) is 25.6 Å². The number of aryl methyl sites for hydroxylation is 1. The lowest BCUT2D eigenvalue weighted by Gasteiger charge is -2.27. The van der Waals surface area contributed by atoms with Crippen molar-refractivity contribution in [3.8, 4) is 5.75 Å². The van der Waals surface area contributed by atoms with Crippen molar-refractivity contribution in [3.63, 3.8) is 0 Å². The summed E-state index contributed by atoms with van der Waals surface area (Å²) in [5.74, 6) is 1.82. The molecule has 0 radical (unpaired) electrons. The standard InChI is InChI=1S/C19H31N3O2.HI/c1-3-20-19(22-16-9-11-17(23)12-10-16)21-13-6-14-24-18-8-5-4-7-15(18)2;/h4-5,7-8,16-17,23H,3,6,9-14H2,1-2H3,(H2,20,21,22);1H. The molecule has 2 rings (SSSR count). The molecule has 25 heavy (non-hydrogen) atoms. The van der Waals surface area contributed by atoms with Crippen LogP contribution < -0.4 is 15.4 Å². The van der Waals surface area contributed by atoms with Gasteiger partial charge in [-0.25, -0.2) is 0 Å². The summed E-state index contributed by atoms with van der Waals surface area (Å²) >= 11 is 0. The second-order valence-corrected chi connectivity index (χ2v) is 6.38. The van der Waals surface area contributed by atoms with E-state index in [1.165, 1.54) is 0 Å². The highest BCUT2D eigenvalue weighted by molar-refractivity contribution is 14.0. The molecule has 3 N–H and O–H groups in total. The van der Waals surface area contributed by atoms with Gasteiger partial charge in [-0.2, -0.15) is 0 Å². The van der Waals surface area contributed by atoms with E-state index in [1.54, 1.807) is 0 Å². The van der Waals surface area contributed by atoms with E-state index in [-0.39, 0.29) is 30.1 Å². The number of rotatable bonds is 7. The Morgan fingerprint density at radius 2 is 1.96 bits per heavy atom. The second kappa shape index (κ2) is 12.4. The molecule has 142 valence electrons. The van der Waals surface area contributed by atoms with Crippen molar-refractivity contribution < 1.29 is 9.84 Å². The fourth-order valence-corrected chi connectivity index (χ4v) is 2.89. The predicted octanol–water partition coefficient (Wildman–Crippen LogP) is 3.24. The maximum absolute atomic E-state index is 9.59. The van der Waals surface area contributed by atoms with Gasteiger partial charge in [0.1, 0.15) is 5.75 Å². The van der Waals surface area contributed by atoms with Crippen molar-refractivity contribution in [2.45, 2.75) is 58.1 Å². The van der Waals surface area contributed by atoms with Crippen LogP contribution in [0.4, 0.5) is 0 Å². The minimum Gasteiger partial charge on any atom is -0.493 e. The Hall–Kier alpha value is -1.02. The number of nitrogens with one attached hydrogen (secondary N) is 2. The molecular weight excluding hydrogens is 429 g/mol. The topological polar surface area (TPSA) is 65.9 Å². The van der Waals surface area contributed by atoms with E-state index in [0.29, 0.717) is 12.6 Å². The monoisotopic (exact) mass is 461 g/mol. The number of guanidine groups is 1. The first-order chi connectivity index (χ1) is 11.7. The number of ether oxygens (including phenoxy) is 1. The van der Waals surface area contributed by atoms with Crippen LogP contribution in [0.15, 0.2) is 29.3 Å². The third kappa shape index (κ3) is 8.27. The van der Waals surface area contributed by atoms with Crippen LogP contribution >= 0.6 is 24.0 Å². The largest absolute Gasteiger partial charge is 0.493 e. The Morgan fingerprint density at radius 1 is 1.24 bits per heavy atom. The molecule has 0 aromatic heterocycles. The lowest BCUT2D eigenvalue weighted by molar-refractivity contribution is 0.120. The van der Waals surface area contributed by atoms with Crippen LogP contribution in [-0.2, 0) is 0 Å². The maximum atomic E-state index is 9.59. The highest BCUT2D eigenvalue weighted by Crippen LogP contribution is 2.18. The predicted molar refractivity (Wildman–Crippen MR) is 114 cm³/mol. The van der Waals surface area contributed by atoms with Crippen LogP contribution in [0.1, 0.15) is 44.6 Å². The van der Waals surface area contributed by atoms with E-state index in [9.17, 15) is 5.11 Å². The molecule has 1 aliphatic carbocycles. The number of nitrogens with zero attached hydrogens (tertiary/aromatic N) is 1. The van der Waals surface area contributed by atoms with E-state index in [2.05, 4.69) is 35.5 Å². The van der Waals surface area contributed by atoms with Gasteiger partial charge in [-0.05, 0) is 51.2 Å². The molecule has 5 nitrogen and oxygen atoms in total. The van der Waals surface area contributed by atoms with Crippen molar-refractivity contribution in [2.75, 3.05) is 19.7 Å². The van der Waals surface area contributed by atoms with Crippen LogP contribution in [-0.4, -0.2) is 42.9 Å². The van der Waals surface area contributed by atoms with Crippen molar-refractivity contribution in [3.05, 3.63) is 29.8 Å². The van der Waals surface area contributed by atoms with Gasteiger partial charge < -0.3 is 20.5 Å². The molecule has 0 saturated heterocycles. The van der Waals surface area contributed by atoms with Gasteiger partial charge in [-0.1, -0.05) is 18.2 Å². The highest BCUT2D eigenvalue weighted by atomic mass is 127. The molecule has 0 aliphatic heterocycles. The Balaban J connectivity index is 0.00000312. The van der Waals surface area contributed by atoms with Gasteiger partial charge in [0.2, 0.25) is 0 Å². The van der Waals surface area contributed by atoms with Gasteiger partial charge in [-0.3, -0.25) is 4.99 Å². The molecule has 0 bridgehead atoms. The molecule has 0 heterocycles. The van der Waals surface area contributed by atoms with Gasteiger partial charge in [-0.15, -0.1) is 24.0 Å². The summed E-state index contributed by atoms with van der Waals surface area (Å²) < 4.78 is 5.80. The average molecular weight is 461 g/mol. The first-order valence-electron chi connectivity index (χ1n) is 9.10. The summed E-state index contributed by atoms with van der Waals surface area (Å²) in [4.78, 5) is 4.63. The van der Waals surface area contributed by atoms with Crippen molar-refractivity contribution in [1.82, 2.24) is 10.6 Å². The molecule has 1 aliphatic rings. The molecule has 1 aromatic carbocycles. The fraction of sp³-hybridized carbons (Fsp3) is 0.632. The Morgan fingerprint density at radius 3 is 2.64 bits per heavy atom. The zero-order valence-corrected chi connectivity index (χ0v) is 17.7. The number of hydrogen-bond acceptors (Lipinski definition) is 3. The van der Waals surface area contributed by atoms with E-state index < -0.39 is 0 Å². The van der Waals surface area contributed by atoms with Gasteiger partial charge in [0.05, 0.1) is 12.7 Å². The number of aliphatic hydroxyl groups excluding tert-OH is 1. The SMILES string of the molecule is CCNC(=NCCCOc1ccccc1C)NC1CCC(O)CC1.I. The van der Waals surface area contributed by atoms with E-state index in [4.69, 9.17) is 4.74 Å². The summed E-state index contributed by atoms with van der Waals surface area (Å²) in [6.45, 7) is 6.38. The summed E-state index contributed by atoms with van der Waals surface area (Å²) in [6, 6.07) is 8.48. The molecule has 0 unspecified atom stereocenters. The van der Waals surface area contributed by atoms with Crippen LogP contribution in [0.5, 0.6) is 5.75 Å². The van der Waals surface area contributed by atoms with E-state index in [1.807, 2.05) is 18.2 Å². The third-order valence-electron chi connectivity index (χ3n) is 4.31. The molecule has 0 atom stereocenters. The maximum Gasteiger partial charge on any atom is 0.191 e. The summed E-state index contributed by atoms with van der Waals surface area (Å²) in [7, 11) is 0. The number of aliphatic hydroxyl groups is 1. The zero-order valence-electron chi connectivity index (χ0n) is 15.3. The first kappa shape index (κ1) is 22.0. The van der Waals surface area contributed by atoms with Crippen LogP contribution in [0.25, 0.3) is 0 Å². The molecule has 0 amide bonds. The summed E-state index contributed by atoms with van der Waals surface area (Å²) in [6.07, 6.45) is 4.52. The molecule has 6 heteroatoms. The summed E-state index contributed by atoms with van der Waals surface area (Å²) in [5.41, 5.74) is 1.16. The number of benzene rings is 1. The molecule has 0 spiro atoms. The smallest absolute Gasteiger partial charge is 0.191 e. The quantitative estimate of drug-likeness (QED) is 0.253. The second-order valence-electron chi connectivity index (χ2n) is 6.38. The van der Waals surface area contributed by atoms with E-state index in [0.717, 1.165) is 62.5 Å². The molecule has 1 aromatic rings. The molecular formula is C19H32IN3O2. The van der Waals surface area contributed by atoms with Crippen LogP contribution in [0.3, 0.4) is 0 Å². The normalized spacial score (nSPS) is 20.5. The minimum atomic E-state index is -0.124. The zero-order chi connectivity index (χ0) is 17.2. The van der Waals surface area contributed by atoms with Gasteiger partial charge >= 0.3 is 0 Å².